The van der Waals surface area contributed by atoms with Crippen molar-refractivity contribution >= 4 is 73.6 Å². The van der Waals surface area contributed by atoms with Gasteiger partial charge in [0.2, 0.25) is 0 Å². The van der Waals surface area contributed by atoms with E-state index in [0.29, 0.717) is 22.8 Å². The van der Waals surface area contributed by atoms with Crippen molar-refractivity contribution in [3.05, 3.63) is 53.7 Å². The maximum absolute atomic E-state index is 6.34. The topological polar surface area (TPSA) is 73.1 Å². The van der Waals surface area contributed by atoms with Gasteiger partial charge in [0.1, 0.15) is 0 Å². The summed E-state index contributed by atoms with van der Waals surface area (Å²) < 4.78 is 1.94. The summed E-state index contributed by atoms with van der Waals surface area (Å²) in [7, 11) is 0. The molecule has 0 saturated heterocycles. The molecule has 24 heavy (non-hydrogen) atoms. The van der Waals surface area contributed by atoms with E-state index in [2.05, 4.69) is 33.7 Å². The van der Waals surface area contributed by atoms with E-state index in [1.54, 1.807) is 11.1 Å². The average molecular weight is 472 g/mol. The molecule has 0 saturated carbocycles. The van der Waals surface area contributed by atoms with Crippen LogP contribution >= 0.6 is 40.0 Å². The van der Waals surface area contributed by atoms with E-state index >= 15 is 0 Å². The number of hydrogen-bond donors (Lipinski definition) is 2. The van der Waals surface area contributed by atoms with Crippen LogP contribution in [0, 0.1) is 0 Å². The van der Waals surface area contributed by atoms with Gasteiger partial charge in [-0.2, -0.15) is 5.10 Å². The van der Waals surface area contributed by atoms with Crippen LogP contribution in [0.5, 0.6) is 0 Å². The third kappa shape index (κ3) is 3.11. The molecule has 4 N–H and O–H groups in total. The van der Waals surface area contributed by atoms with Crippen molar-refractivity contribution in [2.24, 2.45) is 5.84 Å². The summed E-state index contributed by atoms with van der Waals surface area (Å²) in [4.78, 5) is 0. The Hall–Kier alpha value is -1.34. The highest BCUT2D eigenvalue weighted by molar-refractivity contribution is 14.2. The lowest BCUT2D eigenvalue weighted by Gasteiger charge is -2.22. The summed E-state index contributed by atoms with van der Waals surface area (Å²) in [6.07, 6.45) is 2.36. The lowest BCUT2D eigenvalue weighted by Crippen LogP contribution is -2.26. The molecule has 3 rings (SSSR count). The number of allylic oxidation sites excluding steroid dienone is 1. The average Bonchev–Trinajstić information content (AvgIpc) is 2.98. The third-order valence-electron chi connectivity index (χ3n) is 3.77. The molecule has 1 atom stereocenters. The van der Waals surface area contributed by atoms with Gasteiger partial charge in [0.25, 0.3) is 0 Å². The Bertz CT molecular complexity index is 940. The second-order valence-corrected chi connectivity index (χ2v) is 7.87. The van der Waals surface area contributed by atoms with E-state index in [4.69, 9.17) is 23.2 Å². The number of nitrogens with zero attached hydrogens (tertiary/aromatic N) is 3. The second kappa shape index (κ2) is 6.88. The van der Waals surface area contributed by atoms with Crippen LogP contribution in [0.1, 0.15) is 12.5 Å². The lowest BCUT2D eigenvalue weighted by atomic mass is 10.1. The molecule has 1 aromatic heterocycles. The Morgan fingerprint density at radius 1 is 1.38 bits per heavy atom. The van der Waals surface area contributed by atoms with Crippen LogP contribution in [-0.4, -0.2) is 9.55 Å². The van der Waals surface area contributed by atoms with Gasteiger partial charge in [-0.05, 0) is 64.9 Å². The zero-order valence-corrected chi connectivity index (χ0v) is 16.8. The minimum atomic E-state index is 0.438. The van der Waals surface area contributed by atoms with Gasteiger partial charge in [-0.25, -0.2) is 10.3 Å². The zero-order chi connectivity index (χ0) is 17.4. The van der Waals surface area contributed by atoms with Crippen LogP contribution in [0.25, 0.3) is 16.5 Å². The molecule has 0 aliphatic heterocycles. The fourth-order valence-corrected chi connectivity index (χ4v) is 4.17. The largest absolute Gasteiger partial charge is 0.396 e. The van der Waals surface area contributed by atoms with Gasteiger partial charge in [-0.1, -0.05) is 23.8 Å². The predicted molar refractivity (Wildman–Crippen MR) is 114 cm³/mol. The molecule has 1 heterocycles. The third-order valence-corrected chi connectivity index (χ3v) is 5.97. The summed E-state index contributed by atoms with van der Waals surface area (Å²) in [5.74, 6) is 6.34. The van der Waals surface area contributed by atoms with Crippen molar-refractivity contribution in [1.29, 1.82) is 0 Å². The van der Waals surface area contributed by atoms with Crippen LogP contribution in [0.2, 0.25) is 5.02 Å². The number of nitrogen functional groups attached to an aromatic ring is 1. The molecular weight excluding hydrogens is 456 g/mol. The molecule has 124 valence electrons. The van der Waals surface area contributed by atoms with Crippen molar-refractivity contribution in [2.45, 2.75) is 6.92 Å². The van der Waals surface area contributed by atoms with Gasteiger partial charge in [-0.15, -0.1) is 0 Å². The number of nitrogens with two attached hydrogens (primary N) is 2. The van der Waals surface area contributed by atoms with Crippen LogP contribution in [0.3, 0.4) is 0 Å². The lowest BCUT2D eigenvalue weighted by molar-refractivity contribution is 1.04. The zero-order valence-electron chi connectivity index (χ0n) is 12.9. The SMILES string of the molecule is C=C(C)c1cc(Cl)c(N)c(N(N)c2ccc3cnn(PI)c3c2)c1. The summed E-state index contributed by atoms with van der Waals surface area (Å²) in [6.45, 7) is 5.87. The van der Waals surface area contributed by atoms with Crippen molar-refractivity contribution in [1.82, 2.24) is 9.55 Å². The number of hydrazine groups is 1. The molecule has 0 amide bonds. The Balaban J connectivity index is 2.11. The van der Waals surface area contributed by atoms with Gasteiger partial charge >= 0.3 is 0 Å². The molecule has 0 radical (unpaired) electrons. The number of benzene rings is 2. The first-order valence-corrected chi connectivity index (χ1v) is 11.5. The molecular formula is C16H16ClIN5P. The highest BCUT2D eigenvalue weighted by Crippen LogP contribution is 2.37. The van der Waals surface area contributed by atoms with Gasteiger partial charge in [0, 0.05) is 5.39 Å². The van der Waals surface area contributed by atoms with E-state index in [1.165, 1.54) is 0 Å². The summed E-state index contributed by atoms with van der Waals surface area (Å²) >= 11 is 8.55. The van der Waals surface area contributed by atoms with Crippen molar-refractivity contribution in [3.63, 3.8) is 0 Å². The molecule has 0 spiro atoms. The van der Waals surface area contributed by atoms with E-state index < -0.39 is 0 Å². The smallest absolute Gasteiger partial charge is 0.0826 e. The van der Waals surface area contributed by atoms with E-state index in [-0.39, 0.29) is 0 Å². The van der Waals surface area contributed by atoms with Crippen LogP contribution in [0.4, 0.5) is 17.1 Å². The minimum absolute atomic E-state index is 0.438. The Morgan fingerprint density at radius 3 is 2.79 bits per heavy atom. The fraction of sp³-hybridized carbons (Fsp3) is 0.0625. The van der Waals surface area contributed by atoms with E-state index in [9.17, 15) is 0 Å². The number of anilines is 3. The Morgan fingerprint density at radius 2 is 2.12 bits per heavy atom. The molecule has 0 aliphatic carbocycles. The highest BCUT2D eigenvalue weighted by atomic mass is 127. The second-order valence-electron chi connectivity index (χ2n) is 5.43. The molecule has 8 heteroatoms. The van der Waals surface area contributed by atoms with Crippen LogP contribution < -0.4 is 16.6 Å². The Labute approximate surface area is 159 Å². The molecule has 3 aromatic rings. The summed E-state index contributed by atoms with van der Waals surface area (Å²) in [5, 5.41) is 7.43. The van der Waals surface area contributed by atoms with Crippen LogP contribution in [0.15, 0.2) is 43.1 Å². The predicted octanol–water partition coefficient (Wildman–Crippen LogP) is 5.11. The maximum Gasteiger partial charge on any atom is 0.0826 e. The quantitative estimate of drug-likeness (QED) is 0.182. The van der Waals surface area contributed by atoms with Crippen molar-refractivity contribution in [2.75, 3.05) is 10.7 Å². The minimum Gasteiger partial charge on any atom is -0.396 e. The molecule has 0 aliphatic rings. The Kier molecular flexibility index (Phi) is 5.01. The van der Waals surface area contributed by atoms with E-state index in [0.717, 1.165) is 27.7 Å². The number of hydrogen-bond acceptors (Lipinski definition) is 4. The van der Waals surface area contributed by atoms with Gasteiger partial charge in [0.05, 0.1) is 40.2 Å². The summed E-state index contributed by atoms with van der Waals surface area (Å²) in [6, 6.07) is 9.61. The number of halogens is 2. The van der Waals surface area contributed by atoms with Crippen molar-refractivity contribution in [3.8, 4) is 0 Å². The maximum atomic E-state index is 6.34. The fourth-order valence-electron chi connectivity index (χ4n) is 2.41. The summed E-state index contributed by atoms with van der Waals surface area (Å²) in [5.41, 5.74) is 10.8. The molecule has 1 unspecified atom stereocenters. The molecule has 0 fully saturated rings. The van der Waals surface area contributed by atoms with Crippen LogP contribution in [-0.2, 0) is 0 Å². The van der Waals surface area contributed by atoms with Crippen molar-refractivity contribution < 1.29 is 0 Å². The van der Waals surface area contributed by atoms with Gasteiger partial charge < -0.3 is 5.73 Å². The first-order chi connectivity index (χ1) is 11.4. The molecule has 5 nitrogen and oxygen atoms in total. The number of aromatic nitrogens is 2. The van der Waals surface area contributed by atoms with Gasteiger partial charge in [0.15, 0.2) is 0 Å². The molecule has 2 aromatic carbocycles. The standard InChI is InChI=1S/C16H16ClIN5P/c1-9(2)11-5-13(17)16(19)15(6-11)22(20)12-4-3-10-8-21-23(24-18)14(10)7-12/h3-8,24H,1,19-20H2,2H3. The monoisotopic (exact) mass is 471 g/mol. The first kappa shape index (κ1) is 17.5. The van der Waals surface area contributed by atoms with E-state index in [1.807, 2.05) is 41.8 Å². The van der Waals surface area contributed by atoms with Gasteiger partial charge in [-0.3, -0.25) is 5.01 Å². The first-order valence-electron chi connectivity index (χ1n) is 7.06. The normalized spacial score (nSPS) is 11.5. The number of fused-ring (bicyclic) bond motifs is 1. The number of rotatable bonds is 4. The molecule has 0 bridgehead atoms. The highest BCUT2D eigenvalue weighted by Gasteiger charge is 2.14.